The topological polar surface area (TPSA) is 31.2 Å². The monoisotopic (exact) mass is 617 g/mol. The number of nitrogens with zero attached hydrogens (tertiary/aromatic N) is 1. The van der Waals surface area contributed by atoms with E-state index in [1.807, 2.05) is 12.1 Å². The van der Waals surface area contributed by atoms with Gasteiger partial charge in [-0.2, -0.15) is 0 Å². The van der Waals surface area contributed by atoms with Gasteiger partial charge in [0.05, 0.1) is 16.6 Å². The Morgan fingerprint density at radius 3 is 2.35 bits per heavy atom. The van der Waals surface area contributed by atoms with E-state index in [4.69, 9.17) is 8.83 Å². The van der Waals surface area contributed by atoms with Crippen molar-refractivity contribution in [1.29, 1.82) is 0 Å². The summed E-state index contributed by atoms with van der Waals surface area (Å²) in [5, 5.41) is 5.87. The number of fused-ring (bicyclic) bond motifs is 12. The fraction of sp³-hybridized carbons (Fsp3) is 0.111. The summed E-state index contributed by atoms with van der Waals surface area (Å²) in [5.41, 5.74) is 16.4. The molecule has 2 aliphatic carbocycles. The fourth-order valence-corrected chi connectivity index (χ4v) is 8.82. The van der Waals surface area contributed by atoms with Crippen molar-refractivity contribution in [2.24, 2.45) is 0 Å². The minimum atomic E-state index is -0.0391. The van der Waals surface area contributed by atoms with Crippen LogP contribution in [0.3, 0.4) is 0 Å². The van der Waals surface area contributed by atoms with Gasteiger partial charge in [0.1, 0.15) is 22.3 Å². The number of aromatic nitrogens is 1. The van der Waals surface area contributed by atoms with Gasteiger partial charge in [0.25, 0.3) is 0 Å². The summed E-state index contributed by atoms with van der Waals surface area (Å²) in [7, 11) is 0. The second kappa shape index (κ2) is 9.17. The van der Waals surface area contributed by atoms with Crippen LogP contribution in [0.25, 0.3) is 88.8 Å². The summed E-state index contributed by atoms with van der Waals surface area (Å²) in [6.07, 6.45) is 6.76. The van der Waals surface area contributed by atoms with E-state index in [1.54, 1.807) is 0 Å². The van der Waals surface area contributed by atoms with Crippen molar-refractivity contribution in [3.8, 4) is 27.9 Å². The molecule has 6 aromatic carbocycles. The summed E-state index contributed by atoms with van der Waals surface area (Å²) in [6.45, 7) is 4.74. The lowest BCUT2D eigenvalue weighted by Crippen LogP contribution is -2.14. The van der Waals surface area contributed by atoms with Crippen molar-refractivity contribution < 1.29 is 8.83 Å². The molecule has 3 aromatic heterocycles. The third kappa shape index (κ3) is 3.33. The summed E-state index contributed by atoms with van der Waals surface area (Å²) in [4.78, 5) is 0. The predicted molar refractivity (Wildman–Crippen MR) is 198 cm³/mol. The zero-order valence-corrected chi connectivity index (χ0v) is 26.8. The molecule has 3 heteroatoms. The van der Waals surface area contributed by atoms with E-state index in [0.29, 0.717) is 0 Å². The van der Waals surface area contributed by atoms with Gasteiger partial charge >= 0.3 is 0 Å². The Labute approximate surface area is 277 Å². The molecule has 2 aliphatic rings. The van der Waals surface area contributed by atoms with Crippen LogP contribution in [0.15, 0.2) is 130 Å². The van der Waals surface area contributed by atoms with E-state index in [-0.39, 0.29) is 5.41 Å². The van der Waals surface area contributed by atoms with Gasteiger partial charge in [-0.25, -0.2) is 0 Å². The quantitative estimate of drug-likeness (QED) is 0.193. The lowest BCUT2D eigenvalue weighted by molar-refractivity contribution is 0.661. The van der Waals surface area contributed by atoms with Crippen LogP contribution in [0.5, 0.6) is 0 Å². The highest BCUT2D eigenvalue weighted by atomic mass is 16.3. The molecular formula is C45H31NO2. The van der Waals surface area contributed by atoms with Crippen LogP contribution in [0.1, 0.15) is 42.7 Å². The largest absolute Gasteiger partial charge is 0.456 e. The Morgan fingerprint density at radius 2 is 1.40 bits per heavy atom. The normalized spacial score (nSPS) is 14.8. The number of aryl methyl sites for hydroxylation is 1. The standard InChI is InChI=1S/C45H31NO2/c1-45(2)35-16-6-3-11-28(35)32-25-39-33(24-36(32)45)29-12-4-7-17-37(29)46(39)38-18-10-20-42-43(38)31-15-9-14-27(44(31)48-42)26-21-22-41-34(23-26)30-13-5-8-19-40(30)47-41/h3,5-11,13-25H,4,12H2,1-2H3. The Kier molecular flexibility index (Phi) is 5.02. The third-order valence-electron chi connectivity index (χ3n) is 11.1. The van der Waals surface area contributed by atoms with E-state index in [9.17, 15) is 0 Å². The van der Waals surface area contributed by atoms with Gasteiger partial charge in [0, 0.05) is 38.2 Å². The molecule has 48 heavy (non-hydrogen) atoms. The lowest BCUT2D eigenvalue weighted by atomic mass is 9.82. The first-order valence-electron chi connectivity index (χ1n) is 16.9. The molecule has 0 aliphatic heterocycles. The number of rotatable bonds is 2. The van der Waals surface area contributed by atoms with E-state index in [2.05, 4.69) is 134 Å². The van der Waals surface area contributed by atoms with Crippen molar-refractivity contribution in [2.75, 3.05) is 0 Å². The van der Waals surface area contributed by atoms with Crippen LogP contribution in [0.4, 0.5) is 0 Å². The Bertz CT molecular complexity index is 2870. The Morgan fingerprint density at radius 1 is 0.604 bits per heavy atom. The molecular weight excluding hydrogens is 587 g/mol. The molecule has 0 unspecified atom stereocenters. The summed E-state index contributed by atoms with van der Waals surface area (Å²) < 4.78 is 15.5. The number of para-hydroxylation sites is 2. The van der Waals surface area contributed by atoms with E-state index in [0.717, 1.165) is 73.5 Å². The highest BCUT2D eigenvalue weighted by Gasteiger charge is 2.36. The number of hydrogen-bond acceptors (Lipinski definition) is 2. The van der Waals surface area contributed by atoms with Gasteiger partial charge < -0.3 is 13.4 Å². The molecule has 0 bridgehead atoms. The first-order chi connectivity index (χ1) is 23.6. The summed E-state index contributed by atoms with van der Waals surface area (Å²) in [5.74, 6) is 0. The van der Waals surface area contributed by atoms with Gasteiger partial charge in [-0.05, 0) is 94.8 Å². The lowest BCUT2D eigenvalue weighted by Gasteiger charge is -2.21. The molecule has 0 saturated heterocycles. The Balaban J connectivity index is 1.18. The fourth-order valence-electron chi connectivity index (χ4n) is 8.82. The molecule has 0 atom stereocenters. The van der Waals surface area contributed by atoms with Crippen LogP contribution in [0.2, 0.25) is 0 Å². The second-order valence-corrected chi connectivity index (χ2v) is 14.0. The molecule has 228 valence electrons. The average Bonchev–Trinajstić information content (AvgIpc) is 3.84. The zero-order valence-electron chi connectivity index (χ0n) is 26.8. The van der Waals surface area contributed by atoms with Gasteiger partial charge in [-0.1, -0.05) is 92.7 Å². The molecule has 0 N–H and O–H groups in total. The van der Waals surface area contributed by atoms with Gasteiger partial charge in [0.2, 0.25) is 0 Å². The van der Waals surface area contributed by atoms with Crippen molar-refractivity contribution in [3.05, 3.63) is 144 Å². The number of furan rings is 2. The van der Waals surface area contributed by atoms with Gasteiger partial charge in [-0.15, -0.1) is 0 Å². The third-order valence-corrected chi connectivity index (χ3v) is 11.1. The molecule has 0 radical (unpaired) electrons. The van der Waals surface area contributed by atoms with E-state index < -0.39 is 0 Å². The minimum Gasteiger partial charge on any atom is -0.456 e. The van der Waals surface area contributed by atoms with Gasteiger partial charge in [0.15, 0.2) is 0 Å². The summed E-state index contributed by atoms with van der Waals surface area (Å²) >= 11 is 0. The maximum atomic E-state index is 6.81. The average molecular weight is 618 g/mol. The number of allylic oxidation sites excluding steroid dienone is 1. The van der Waals surface area contributed by atoms with Crippen molar-refractivity contribution in [1.82, 2.24) is 4.57 Å². The molecule has 11 rings (SSSR count). The van der Waals surface area contributed by atoms with Crippen LogP contribution >= 0.6 is 0 Å². The molecule has 0 spiro atoms. The number of benzene rings is 6. The smallest absolute Gasteiger partial charge is 0.143 e. The molecule has 9 aromatic rings. The maximum Gasteiger partial charge on any atom is 0.143 e. The molecule has 0 fully saturated rings. The van der Waals surface area contributed by atoms with Crippen LogP contribution in [-0.2, 0) is 11.8 Å². The van der Waals surface area contributed by atoms with Crippen LogP contribution in [0, 0.1) is 0 Å². The maximum absolute atomic E-state index is 6.81. The second-order valence-electron chi connectivity index (χ2n) is 14.0. The highest BCUT2D eigenvalue weighted by molar-refractivity contribution is 6.15. The molecule has 3 nitrogen and oxygen atoms in total. The van der Waals surface area contributed by atoms with Crippen LogP contribution < -0.4 is 0 Å². The molecule has 0 saturated carbocycles. The zero-order chi connectivity index (χ0) is 31.7. The first-order valence-corrected chi connectivity index (χ1v) is 16.9. The van der Waals surface area contributed by atoms with Crippen molar-refractivity contribution in [2.45, 2.75) is 32.1 Å². The SMILES string of the molecule is CC1(C)c2ccccc2-c2cc3c(cc21)c1c(n3-c2cccc3oc4c(-c5ccc6oc7ccccc7c6c5)cccc4c23)C=CCC1. The molecule has 3 heterocycles. The van der Waals surface area contributed by atoms with Gasteiger partial charge in [-0.3, -0.25) is 0 Å². The molecule has 0 amide bonds. The minimum absolute atomic E-state index is 0.0391. The van der Waals surface area contributed by atoms with Crippen LogP contribution in [-0.4, -0.2) is 4.57 Å². The predicted octanol–water partition coefficient (Wildman–Crippen LogP) is 12.4. The first kappa shape index (κ1) is 26.3. The van der Waals surface area contributed by atoms with Crippen molar-refractivity contribution >= 4 is 60.9 Å². The highest BCUT2D eigenvalue weighted by Crippen LogP contribution is 2.51. The van der Waals surface area contributed by atoms with E-state index in [1.165, 1.54) is 44.4 Å². The summed E-state index contributed by atoms with van der Waals surface area (Å²) in [6, 6.07) is 41.7. The van der Waals surface area contributed by atoms with Crippen molar-refractivity contribution in [3.63, 3.8) is 0 Å². The Hall–Kier alpha value is -5.80. The number of hydrogen-bond donors (Lipinski definition) is 0. The van der Waals surface area contributed by atoms with E-state index >= 15 is 0 Å².